The van der Waals surface area contributed by atoms with Gasteiger partial charge in [0.15, 0.2) is 0 Å². The highest BCUT2D eigenvalue weighted by Crippen LogP contribution is 2.22. The largest absolute Gasteiger partial charge is 0.306 e. The van der Waals surface area contributed by atoms with Gasteiger partial charge in [0, 0.05) is 17.1 Å². The van der Waals surface area contributed by atoms with Crippen molar-refractivity contribution >= 4 is 15.9 Å². The number of rotatable bonds is 4. The summed E-state index contributed by atoms with van der Waals surface area (Å²) in [5, 5.41) is 3.45. The molecule has 0 saturated heterocycles. The van der Waals surface area contributed by atoms with E-state index in [0.717, 1.165) is 10.0 Å². The molecule has 20 heavy (non-hydrogen) atoms. The Kier molecular flexibility index (Phi) is 4.95. The minimum absolute atomic E-state index is 0.204. The molecule has 3 heteroatoms. The van der Waals surface area contributed by atoms with Gasteiger partial charge in [0.25, 0.3) is 0 Å². The number of halogens is 2. The number of nitrogens with one attached hydrogen (secondary N) is 1. The summed E-state index contributed by atoms with van der Waals surface area (Å²) in [4.78, 5) is 0. The Bertz CT molecular complexity index is 610. The Hall–Kier alpha value is -1.19. The molecular formula is C17H19BrFN. The van der Waals surface area contributed by atoms with E-state index in [0.29, 0.717) is 6.54 Å². The highest BCUT2D eigenvalue weighted by Gasteiger charge is 2.09. The SMILES string of the molecule is Cc1ccc(C)c(C(C)NCc2cc(F)ccc2Br)c1. The zero-order chi connectivity index (χ0) is 14.7. The van der Waals surface area contributed by atoms with Gasteiger partial charge in [-0.25, -0.2) is 4.39 Å². The van der Waals surface area contributed by atoms with Gasteiger partial charge in [0.05, 0.1) is 0 Å². The third-order valence-corrected chi connectivity index (χ3v) is 4.28. The highest BCUT2D eigenvalue weighted by molar-refractivity contribution is 9.10. The molecule has 106 valence electrons. The zero-order valence-electron chi connectivity index (χ0n) is 12.0. The molecule has 0 aliphatic heterocycles. The maximum Gasteiger partial charge on any atom is 0.123 e. The normalized spacial score (nSPS) is 12.4. The Labute approximate surface area is 128 Å². The van der Waals surface area contributed by atoms with Crippen molar-refractivity contribution < 1.29 is 4.39 Å². The van der Waals surface area contributed by atoms with Crippen molar-refractivity contribution in [2.24, 2.45) is 0 Å². The summed E-state index contributed by atoms with van der Waals surface area (Å²) in [5.41, 5.74) is 4.75. The third kappa shape index (κ3) is 3.68. The summed E-state index contributed by atoms with van der Waals surface area (Å²) >= 11 is 3.46. The second kappa shape index (κ2) is 6.51. The molecule has 0 aliphatic rings. The highest BCUT2D eigenvalue weighted by atomic mass is 79.9. The molecule has 1 atom stereocenters. The molecule has 0 radical (unpaired) electrons. The lowest BCUT2D eigenvalue weighted by Gasteiger charge is -2.18. The summed E-state index contributed by atoms with van der Waals surface area (Å²) in [5.74, 6) is -0.204. The third-order valence-electron chi connectivity index (χ3n) is 3.51. The summed E-state index contributed by atoms with van der Waals surface area (Å²) in [6.07, 6.45) is 0. The monoisotopic (exact) mass is 335 g/mol. The van der Waals surface area contributed by atoms with Crippen LogP contribution >= 0.6 is 15.9 Å². The molecule has 1 unspecified atom stereocenters. The maximum absolute atomic E-state index is 13.3. The van der Waals surface area contributed by atoms with E-state index < -0.39 is 0 Å². The predicted octanol–water partition coefficient (Wildman–Crippen LogP) is 5.06. The summed E-state index contributed by atoms with van der Waals surface area (Å²) in [6.45, 7) is 6.98. The summed E-state index contributed by atoms with van der Waals surface area (Å²) in [7, 11) is 0. The molecular weight excluding hydrogens is 317 g/mol. The van der Waals surface area contributed by atoms with E-state index in [1.165, 1.54) is 22.8 Å². The van der Waals surface area contributed by atoms with Crippen LogP contribution in [-0.2, 0) is 6.54 Å². The van der Waals surface area contributed by atoms with Gasteiger partial charge in [-0.1, -0.05) is 39.7 Å². The van der Waals surface area contributed by atoms with Crippen LogP contribution in [0.1, 0.15) is 35.2 Å². The maximum atomic E-state index is 13.3. The molecule has 0 heterocycles. The molecule has 0 saturated carbocycles. The van der Waals surface area contributed by atoms with E-state index in [1.807, 2.05) is 0 Å². The smallest absolute Gasteiger partial charge is 0.123 e. The zero-order valence-corrected chi connectivity index (χ0v) is 13.6. The lowest BCUT2D eigenvalue weighted by Crippen LogP contribution is -2.19. The number of benzene rings is 2. The van der Waals surface area contributed by atoms with Gasteiger partial charge < -0.3 is 5.32 Å². The first-order valence-electron chi connectivity index (χ1n) is 6.72. The van der Waals surface area contributed by atoms with Crippen molar-refractivity contribution in [2.75, 3.05) is 0 Å². The molecule has 2 rings (SSSR count). The van der Waals surface area contributed by atoms with Gasteiger partial charge in [-0.15, -0.1) is 0 Å². The fraction of sp³-hybridized carbons (Fsp3) is 0.294. The van der Waals surface area contributed by atoms with Crippen molar-refractivity contribution in [1.29, 1.82) is 0 Å². The first kappa shape index (κ1) is 15.2. The van der Waals surface area contributed by atoms with Crippen LogP contribution in [0.3, 0.4) is 0 Å². The van der Waals surface area contributed by atoms with Crippen molar-refractivity contribution in [3.8, 4) is 0 Å². The molecule has 0 amide bonds. The summed E-state index contributed by atoms with van der Waals surface area (Å²) < 4.78 is 14.2. The number of hydrogen-bond acceptors (Lipinski definition) is 1. The average Bonchev–Trinajstić information content (AvgIpc) is 2.42. The fourth-order valence-corrected chi connectivity index (χ4v) is 2.67. The van der Waals surface area contributed by atoms with Gasteiger partial charge in [-0.2, -0.15) is 0 Å². The fourth-order valence-electron chi connectivity index (χ4n) is 2.28. The van der Waals surface area contributed by atoms with Crippen LogP contribution in [0.25, 0.3) is 0 Å². The minimum atomic E-state index is -0.204. The number of hydrogen-bond donors (Lipinski definition) is 1. The van der Waals surface area contributed by atoms with Crippen LogP contribution in [-0.4, -0.2) is 0 Å². The van der Waals surface area contributed by atoms with Crippen molar-refractivity contribution in [3.63, 3.8) is 0 Å². The molecule has 0 aliphatic carbocycles. The van der Waals surface area contributed by atoms with Crippen molar-refractivity contribution in [1.82, 2.24) is 5.32 Å². The standard InChI is InChI=1S/C17H19BrFN/c1-11-4-5-12(2)16(8-11)13(3)20-10-14-9-15(19)6-7-17(14)18/h4-9,13,20H,10H2,1-3H3. The lowest BCUT2D eigenvalue weighted by molar-refractivity contribution is 0.565. The predicted molar refractivity (Wildman–Crippen MR) is 85.3 cm³/mol. The van der Waals surface area contributed by atoms with Crippen molar-refractivity contribution in [3.05, 3.63) is 68.9 Å². The molecule has 2 aromatic rings. The molecule has 2 aromatic carbocycles. The Balaban J connectivity index is 2.10. The van der Waals surface area contributed by atoms with Crippen molar-refractivity contribution in [2.45, 2.75) is 33.4 Å². The second-order valence-corrected chi connectivity index (χ2v) is 6.05. The van der Waals surface area contributed by atoms with E-state index in [1.54, 1.807) is 12.1 Å². The Morgan fingerprint density at radius 3 is 2.65 bits per heavy atom. The Morgan fingerprint density at radius 2 is 1.90 bits per heavy atom. The van der Waals surface area contributed by atoms with E-state index in [9.17, 15) is 4.39 Å². The van der Waals surface area contributed by atoms with Crippen LogP contribution in [0.4, 0.5) is 4.39 Å². The van der Waals surface area contributed by atoms with E-state index >= 15 is 0 Å². The second-order valence-electron chi connectivity index (χ2n) is 5.20. The van der Waals surface area contributed by atoms with Crippen LogP contribution < -0.4 is 5.32 Å². The van der Waals surface area contributed by atoms with Gasteiger partial charge in [-0.3, -0.25) is 0 Å². The van der Waals surface area contributed by atoms with Gasteiger partial charge in [-0.05, 0) is 55.7 Å². The molecule has 1 N–H and O–H groups in total. The van der Waals surface area contributed by atoms with Crippen LogP contribution in [0.5, 0.6) is 0 Å². The van der Waals surface area contributed by atoms with Gasteiger partial charge in [0.1, 0.15) is 5.82 Å². The molecule has 1 nitrogen and oxygen atoms in total. The van der Waals surface area contributed by atoms with Gasteiger partial charge in [0.2, 0.25) is 0 Å². The minimum Gasteiger partial charge on any atom is -0.306 e. The van der Waals surface area contributed by atoms with E-state index in [-0.39, 0.29) is 11.9 Å². The van der Waals surface area contributed by atoms with E-state index in [2.05, 4.69) is 60.2 Å². The Morgan fingerprint density at radius 1 is 1.15 bits per heavy atom. The lowest BCUT2D eigenvalue weighted by atomic mass is 10.00. The van der Waals surface area contributed by atoms with E-state index in [4.69, 9.17) is 0 Å². The first-order valence-corrected chi connectivity index (χ1v) is 7.51. The van der Waals surface area contributed by atoms with Crippen LogP contribution in [0.2, 0.25) is 0 Å². The molecule has 0 spiro atoms. The molecule has 0 aromatic heterocycles. The topological polar surface area (TPSA) is 12.0 Å². The first-order chi connectivity index (χ1) is 9.47. The number of aryl methyl sites for hydroxylation is 2. The average molecular weight is 336 g/mol. The quantitative estimate of drug-likeness (QED) is 0.823. The molecule has 0 bridgehead atoms. The van der Waals surface area contributed by atoms with Crippen LogP contribution in [0, 0.1) is 19.7 Å². The van der Waals surface area contributed by atoms with Crippen LogP contribution in [0.15, 0.2) is 40.9 Å². The molecule has 0 fully saturated rings. The summed E-state index contributed by atoms with van der Waals surface area (Å²) in [6, 6.07) is 11.5. The van der Waals surface area contributed by atoms with Gasteiger partial charge >= 0.3 is 0 Å².